The van der Waals surface area contributed by atoms with Crippen molar-refractivity contribution in [1.82, 2.24) is 0 Å². The minimum absolute atomic E-state index is 0. The molecule has 0 bridgehead atoms. The second-order valence-electron chi connectivity index (χ2n) is 3.81. The molecule has 0 aromatic rings. The Kier molecular flexibility index (Phi) is 12.2. The Bertz CT molecular complexity index is 163. The van der Waals surface area contributed by atoms with Gasteiger partial charge >= 0.3 is 0 Å². The van der Waals surface area contributed by atoms with Crippen LogP contribution in [0.25, 0.3) is 0 Å². The fourth-order valence-corrected chi connectivity index (χ4v) is 0.300. The number of rotatable bonds is 3. The zero-order valence-corrected chi connectivity index (χ0v) is 10.1. The molecule has 0 aliphatic heterocycles. The van der Waals surface area contributed by atoms with Crippen molar-refractivity contribution in [1.29, 1.82) is 0 Å². The predicted octanol–water partition coefficient (Wildman–Crippen LogP) is -0.581. The number of nitrogens with zero attached hydrogens (tertiary/aromatic N) is 1. The quantitative estimate of drug-likeness (QED) is 0.517. The minimum atomic E-state index is -1.19. The van der Waals surface area contributed by atoms with E-state index in [4.69, 9.17) is 5.11 Å². The molecule has 0 heterocycles. The summed E-state index contributed by atoms with van der Waals surface area (Å²) >= 11 is 0. The topological polar surface area (TPSA) is 60.4 Å². The van der Waals surface area contributed by atoms with Crippen LogP contribution in [0.4, 0.5) is 0 Å². The summed E-state index contributed by atoms with van der Waals surface area (Å²) in [5.74, 6) is -1.19. The first-order chi connectivity index (χ1) is 5.70. The van der Waals surface area contributed by atoms with E-state index in [1.54, 1.807) is 0 Å². The Morgan fingerprint density at radius 2 is 1.71 bits per heavy atom. The molecular weight excluding hydrogens is 206 g/mol. The van der Waals surface area contributed by atoms with Gasteiger partial charge in [-0.05, 0) is 12.5 Å². The molecule has 0 aromatic carbocycles. The van der Waals surface area contributed by atoms with Crippen LogP contribution in [0.3, 0.4) is 0 Å². The molecule has 0 aromatic heterocycles. The third kappa shape index (κ3) is 22.5. The fourth-order valence-electron chi connectivity index (χ4n) is 0.300. The second kappa shape index (κ2) is 8.99. The number of hydrogen-bond donors (Lipinski definition) is 1. The lowest BCUT2D eigenvalue weighted by Crippen LogP contribution is -2.36. The van der Waals surface area contributed by atoms with Gasteiger partial charge in [-0.1, -0.05) is 6.58 Å². The lowest BCUT2D eigenvalue weighted by molar-refractivity contribution is -0.870. The number of carbonyl (C=O) groups excluding carboxylic acids is 1. The summed E-state index contributed by atoms with van der Waals surface area (Å²) in [5, 5.41) is 17.9. The van der Waals surface area contributed by atoms with E-state index in [2.05, 4.69) is 27.7 Å². The van der Waals surface area contributed by atoms with E-state index >= 15 is 0 Å². The highest BCUT2D eigenvalue weighted by Crippen LogP contribution is 1.84. The maximum atomic E-state index is 9.49. The monoisotopic (exact) mass is 225 g/mol. The highest BCUT2D eigenvalue weighted by atomic mass is 35.5. The molecule has 1 N–H and O–H groups in total. The summed E-state index contributed by atoms with van der Waals surface area (Å²) < 4.78 is 0.844. The van der Waals surface area contributed by atoms with Crippen molar-refractivity contribution >= 4 is 18.4 Å². The van der Waals surface area contributed by atoms with E-state index in [0.717, 1.165) is 11.0 Å². The van der Waals surface area contributed by atoms with Gasteiger partial charge in [0.2, 0.25) is 0 Å². The summed E-state index contributed by atoms with van der Waals surface area (Å²) in [5.41, 5.74) is 0.0648. The molecule has 14 heavy (non-hydrogen) atoms. The van der Waals surface area contributed by atoms with Gasteiger partial charge in [0.05, 0.1) is 33.7 Å². The number of quaternary nitrogens is 1. The van der Waals surface area contributed by atoms with Gasteiger partial charge in [0.25, 0.3) is 0 Å². The Morgan fingerprint density at radius 3 is 1.71 bits per heavy atom. The molecule has 0 saturated carbocycles. The van der Waals surface area contributed by atoms with Gasteiger partial charge in [-0.2, -0.15) is 0 Å². The molecule has 0 unspecified atom stereocenters. The Balaban J connectivity index is -0.000000163. The predicted molar refractivity (Wildman–Crippen MR) is 57.1 cm³/mol. The molecule has 0 fully saturated rings. The second-order valence-corrected chi connectivity index (χ2v) is 3.81. The number of hydrogen-bond acceptors (Lipinski definition) is 3. The van der Waals surface area contributed by atoms with Crippen LogP contribution in [0.1, 0.15) is 6.92 Å². The van der Waals surface area contributed by atoms with Gasteiger partial charge in [-0.15, -0.1) is 12.4 Å². The van der Waals surface area contributed by atoms with Gasteiger partial charge in [0, 0.05) is 0 Å². The summed E-state index contributed by atoms with van der Waals surface area (Å²) in [7, 11) is 6.16. The first-order valence-corrected chi connectivity index (χ1v) is 3.99. The van der Waals surface area contributed by atoms with Crippen LogP contribution in [-0.2, 0) is 4.79 Å². The number of likely N-dealkylation sites (N-methyl/N-ethyl adjacent to an activating group) is 1. The Labute approximate surface area is 91.8 Å². The summed E-state index contributed by atoms with van der Waals surface area (Å²) in [6, 6.07) is 0. The molecule has 0 amide bonds. The first kappa shape index (κ1) is 19.1. The standard InChI is InChI=1S/C5H14NO.C4H6O2.ClH/c1-6(2,3)4-5-7;1-3(2)4(5)6;/h7H,4-5H2,1-3H3;1H2,2H3,(H,5,6);1H/q+1;;/p-1. The van der Waals surface area contributed by atoms with E-state index in [1.807, 2.05) is 0 Å². The van der Waals surface area contributed by atoms with E-state index in [1.165, 1.54) is 6.92 Å². The molecular formula is C9H20ClNO3. The largest absolute Gasteiger partial charge is 0.545 e. The van der Waals surface area contributed by atoms with Gasteiger partial charge < -0.3 is 19.5 Å². The van der Waals surface area contributed by atoms with Gasteiger partial charge in [-0.3, -0.25) is 0 Å². The fraction of sp³-hybridized carbons (Fsp3) is 0.667. The van der Waals surface area contributed by atoms with Crippen LogP contribution in [0.5, 0.6) is 0 Å². The van der Waals surface area contributed by atoms with Crippen molar-refractivity contribution in [3.63, 3.8) is 0 Å². The van der Waals surface area contributed by atoms with Crippen LogP contribution in [0, 0.1) is 0 Å². The molecule has 0 rings (SSSR count). The van der Waals surface area contributed by atoms with Gasteiger partial charge in [-0.25, -0.2) is 0 Å². The van der Waals surface area contributed by atoms with E-state index < -0.39 is 5.97 Å². The van der Waals surface area contributed by atoms with E-state index in [0.29, 0.717) is 0 Å². The van der Waals surface area contributed by atoms with Crippen molar-refractivity contribution in [3.05, 3.63) is 12.2 Å². The molecule has 0 radical (unpaired) electrons. The summed E-state index contributed by atoms with van der Waals surface area (Å²) in [4.78, 5) is 9.49. The third-order valence-corrected chi connectivity index (χ3v) is 1.12. The number of aliphatic hydroxyl groups is 1. The summed E-state index contributed by atoms with van der Waals surface area (Å²) in [6.07, 6.45) is 0. The van der Waals surface area contributed by atoms with Gasteiger partial charge in [0.1, 0.15) is 6.54 Å². The average molecular weight is 226 g/mol. The molecule has 0 saturated heterocycles. The SMILES string of the molecule is C=C(C)C(=O)[O-].C[N+](C)(C)CCO.Cl. The smallest absolute Gasteiger partial charge is 0.101 e. The number of carboxylic acid groups (broad SMARTS) is 1. The molecule has 4 nitrogen and oxygen atoms in total. The Hall–Kier alpha value is -0.580. The summed E-state index contributed by atoms with van der Waals surface area (Å²) in [6.45, 7) is 5.59. The van der Waals surface area contributed by atoms with Crippen LogP contribution in [0.15, 0.2) is 12.2 Å². The average Bonchev–Trinajstić information content (AvgIpc) is 1.85. The van der Waals surface area contributed by atoms with Crippen LogP contribution < -0.4 is 5.11 Å². The number of carboxylic acids is 1. The van der Waals surface area contributed by atoms with Crippen molar-refractivity contribution in [2.45, 2.75) is 6.92 Å². The molecule has 86 valence electrons. The van der Waals surface area contributed by atoms with Crippen molar-refractivity contribution < 1.29 is 19.5 Å². The zero-order valence-electron chi connectivity index (χ0n) is 9.24. The van der Waals surface area contributed by atoms with Crippen molar-refractivity contribution in [2.24, 2.45) is 0 Å². The van der Waals surface area contributed by atoms with E-state index in [9.17, 15) is 9.90 Å². The van der Waals surface area contributed by atoms with Crippen molar-refractivity contribution in [3.8, 4) is 0 Å². The lowest BCUT2D eigenvalue weighted by atomic mass is 10.4. The number of carbonyl (C=O) groups is 1. The number of halogens is 1. The number of aliphatic carboxylic acids is 1. The normalized spacial score (nSPS) is 9.21. The van der Waals surface area contributed by atoms with Crippen LogP contribution in [0.2, 0.25) is 0 Å². The highest BCUT2D eigenvalue weighted by molar-refractivity contribution is 5.85. The molecule has 0 spiro atoms. The first-order valence-electron chi connectivity index (χ1n) is 3.99. The minimum Gasteiger partial charge on any atom is -0.545 e. The van der Waals surface area contributed by atoms with Gasteiger partial charge in [0.15, 0.2) is 0 Å². The molecule has 0 aliphatic carbocycles. The maximum Gasteiger partial charge on any atom is 0.101 e. The number of aliphatic hydroxyl groups excluding tert-OH is 1. The molecule has 0 aliphatic rings. The third-order valence-electron chi connectivity index (χ3n) is 1.12. The lowest BCUT2D eigenvalue weighted by Gasteiger charge is -2.21. The highest BCUT2D eigenvalue weighted by Gasteiger charge is 2.02. The van der Waals surface area contributed by atoms with Crippen LogP contribution in [-0.4, -0.2) is 49.9 Å². The van der Waals surface area contributed by atoms with Crippen molar-refractivity contribution in [2.75, 3.05) is 34.3 Å². The van der Waals surface area contributed by atoms with Crippen LogP contribution >= 0.6 is 12.4 Å². The zero-order chi connectivity index (χ0) is 11.1. The molecule has 0 atom stereocenters. The van der Waals surface area contributed by atoms with E-state index in [-0.39, 0.29) is 24.6 Å². The maximum absolute atomic E-state index is 9.49. The molecule has 5 heteroatoms. The Morgan fingerprint density at radius 1 is 1.43 bits per heavy atom.